The summed E-state index contributed by atoms with van der Waals surface area (Å²) in [5, 5.41) is 13.8. The Hall–Kier alpha value is -2.28. The van der Waals surface area contributed by atoms with E-state index in [-0.39, 0.29) is 12.1 Å². The van der Waals surface area contributed by atoms with E-state index in [0.717, 1.165) is 30.0 Å². The molecule has 0 bridgehead atoms. The van der Waals surface area contributed by atoms with Gasteiger partial charge < -0.3 is 15.4 Å². The van der Waals surface area contributed by atoms with Crippen molar-refractivity contribution in [3.05, 3.63) is 42.1 Å². The molecule has 1 fully saturated rings. The van der Waals surface area contributed by atoms with Crippen LogP contribution in [0.2, 0.25) is 0 Å². The molecular weight excluding hydrogens is 324 g/mol. The van der Waals surface area contributed by atoms with Crippen molar-refractivity contribution in [3.63, 3.8) is 0 Å². The predicted octanol–water partition coefficient (Wildman–Crippen LogP) is 3.59. The van der Waals surface area contributed by atoms with Gasteiger partial charge in [0.1, 0.15) is 5.75 Å². The van der Waals surface area contributed by atoms with Crippen LogP contribution in [-0.2, 0) is 0 Å². The van der Waals surface area contributed by atoms with E-state index < -0.39 is 0 Å². The summed E-state index contributed by atoms with van der Waals surface area (Å²) in [4.78, 5) is 12.0. The summed E-state index contributed by atoms with van der Waals surface area (Å²) >= 11 is 1.88. The summed E-state index contributed by atoms with van der Waals surface area (Å²) in [5.74, 6) is 3.25. The molecule has 0 spiro atoms. The molecule has 6 nitrogen and oxygen atoms in total. The van der Waals surface area contributed by atoms with Gasteiger partial charge in [0.15, 0.2) is 0 Å². The van der Waals surface area contributed by atoms with Crippen LogP contribution < -0.4 is 15.4 Å². The molecule has 1 aromatic heterocycles. The van der Waals surface area contributed by atoms with Crippen molar-refractivity contribution in [2.45, 2.75) is 25.8 Å². The zero-order chi connectivity index (χ0) is 16.8. The molecule has 2 N–H and O–H groups in total. The maximum Gasteiger partial charge on any atom is 0.319 e. The van der Waals surface area contributed by atoms with Gasteiger partial charge in [-0.15, -0.1) is 5.10 Å². The Morgan fingerprint density at radius 2 is 2.04 bits per heavy atom. The Morgan fingerprint density at radius 3 is 2.71 bits per heavy atom. The molecular formula is C17H20N4O2S. The number of amides is 2. The van der Waals surface area contributed by atoms with Gasteiger partial charge in [0.25, 0.3) is 0 Å². The van der Waals surface area contributed by atoms with E-state index in [1.165, 1.54) is 5.75 Å². The highest BCUT2D eigenvalue weighted by molar-refractivity contribution is 7.99. The molecule has 2 amide bonds. The Kier molecular flexibility index (Phi) is 5.53. The van der Waals surface area contributed by atoms with Crippen molar-refractivity contribution in [1.29, 1.82) is 0 Å². The van der Waals surface area contributed by atoms with Crippen LogP contribution in [0.15, 0.2) is 36.4 Å². The number of carbonyl (C=O) groups excluding carboxylic acids is 1. The minimum Gasteiger partial charge on any atom is -0.438 e. The fourth-order valence-electron chi connectivity index (χ4n) is 2.38. The first kappa shape index (κ1) is 16.6. The third-order valence-electron chi connectivity index (χ3n) is 3.60. The lowest BCUT2D eigenvalue weighted by Crippen LogP contribution is -2.40. The molecule has 7 heteroatoms. The van der Waals surface area contributed by atoms with E-state index in [2.05, 4.69) is 20.8 Å². The van der Waals surface area contributed by atoms with Crippen LogP contribution in [0, 0.1) is 6.92 Å². The first-order valence-corrected chi connectivity index (χ1v) is 9.08. The number of hydrogen-bond acceptors (Lipinski definition) is 5. The molecule has 1 aliphatic rings. The molecule has 1 atom stereocenters. The van der Waals surface area contributed by atoms with Gasteiger partial charge in [-0.05, 0) is 55.9 Å². The Morgan fingerprint density at radius 1 is 1.21 bits per heavy atom. The number of urea groups is 1. The number of rotatable bonds is 4. The lowest BCUT2D eigenvalue weighted by Gasteiger charge is -2.22. The van der Waals surface area contributed by atoms with Crippen molar-refractivity contribution in [2.24, 2.45) is 0 Å². The summed E-state index contributed by atoms with van der Waals surface area (Å²) in [6.45, 7) is 1.87. The van der Waals surface area contributed by atoms with Crippen LogP contribution in [0.25, 0.3) is 0 Å². The zero-order valence-corrected chi connectivity index (χ0v) is 14.3. The largest absolute Gasteiger partial charge is 0.438 e. The first-order chi connectivity index (χ1) is 11.7. The maximum atomic E-state index is 12.0. The summed E-state index contributed by atoms with van der Waals surface area (Å²) < 4.78 is 5.61. The number of benzene rings is 1. The van der Waals surface area contributed by atoms with Crippen LogP contribution in [0.4, 0.5) is 10.5 Å². The van der Waals surface area contributed by atoms with Crippen molar-refractivity contribution in [2.75, 3.05) is 16.8 Å². The third kappa shape index (κ3) is 4.86. The molecule has 2 aromatic rings. The number of aryl methyl sites for hydroxylation is 1. The highest BCUT2D eigenvalue weighted by Gasteiger charge is 2.15. The van der Waals surface area contributed by atoms with Gasteiger partial charge in [0.05, 0.1) is 5.69 Å². The highest BCUT2D eigenvalue weighted by Crippen LogP contribution is 2.21. The predicted molar refractivity (Wildman–Crippen MR) is 95.8 cm³/mol. The summed E-state index contributed by atoms with van der Waals surface area (Å²) in [6, 6.07) is 10.9. The second-order valence-electron chi connectivity index (χ2n) is 5.65. The SMILES string of the molecule is Cc1ccc(Oc2ccc(NC(=O)N[C@@H]3CCCSC3)cc2)nn1. The lowest BCUT2D eigenvalue weighted by atomic mass is 10.2. The molecule has 0 aliphatic carbocycles. The van der Waals surface area contributed by atoms with Crippen LogP contribution in [0.5, 0.6) is 11.6 Å². The van der Waals surface area contributed by atoms with Crippen molar-refractivity contribution >= 4 is 23.5 Å². The van der Waals surface area contributed by atoms with E-state index in [1.807, 2.05) is 24.8 Å². The molecule has 0 radical (unpaired) electrons. The number of ether oxygens (including phenoxy) is 1. The number of aromatic nitrogens is 2. The quantitative estimate of drug-likeness (QED) is 0.886. The fourth-order valence-corrected chi connectivity index (χ4v) is 3.45. The molecule has 0 saturated carbocycles. The minimum atomic E-state index is -0.166. The van der Waals surface area contributed by atoms with Gasteiger partial charge in [-0.2, -0.15) is 16.9 Å². The van der Waals surface area contributed by atoms with Gasteiger partial charge in [-0.25, -0.2) is 4.79 Å². The second kappa shape index (κ2) is 8.01. The molecule has 1 saturated heterocycles. The topological polar surface area (TPSA) is 76.1 Å². The van der Waals surface area contributed by atoms with Crippen molar-refractivity contribution in [3.8, 4) is 11.6 Å². The van der Waals surface area contributed by atoms with Crippen LogP contribution in [-0.4, -0.2) is 33.8 Å². The van der Waals surface area contributed by atoms with E-state index in [9.17, 15) is 4.79 Å². The van der Waals surface area contributed by atoms with E-state index in [0.29, 0.717) is 11.6 Å². The number of nitrogens with zero attached hydrogens (tertiary/aromatic N) is 2. The number of thioether (sulfide) groups is 1. The average Bonchev–Trinajstić information content (AvgIpc) is 2.59. The Bertz CT molecular complexity index is 670. The van der Waals surface area contributed by atoms with Crippen molar-refractivity contribution < 1.29 is 9.53 Å². The maximum absolute atomic E-state index is 12.0. The smallest absolute Gasteiger partial charge is 0.319 e. The van der Waals surface area contributed by atoms with Crippen LogP contribution in [0.1, 0.15) is 18.5 Å². The molecule has 2 heterocycles. The van der Waals surface area contributed by atoms with E-state index in [4.69, 9.17) is 4.74 Å². The Labute approximate surface area is 145 Å². The van der Waals surface area contributed by atoms with E-state index in [1.54, 1.807) is 30.3 Å². The number of carbonyl (C=O) groups is 1. The van der Waals surface area contributed by atoms with Gasteiger partial charge in [-0.1, -0.05) is 0 Å². The molecule has 3 rings (SSSR count). The zero-order valence-electron chi connectivity index (χ0n) is 13.5. The number of anilines is 1. The number of nitrogens with one attached hydrogen (secondary N) is 2. The van der Waals surface area contributed by atoms with Crippen molar-refractivity contribution in [1.82, 2.24) is 15.5 Å². The van der Waals surface area contributed by atoms with Gasteiger partial charge >= 0.3 is 6.03 Å². The van der Waals surface area contributed by atoms with Gasteiger partial charge in [0.2, 0.25) is 5.88 Å². The lowest BCUT2D eigenvalue weighted by molar-refractivity contribution is 0.248. The van der Waals surface area contributed by atoms with E-state index >= 15 is 0 Å². The summed E-state index contributed by atoms with van der Waals surface area (Å²) in [6.07, 6.45) is 2.20. The first-order valence-electron chi connectivity index (χ1n) is 7.92. The molecule has 126 valence electrons. The van der Waals surface area contributed by atoms with Gasteiger partial charge in [-0.3, -0.25) is 0 Å². The molecule has 1 aromatic carbocycles. The van der Waals surface area contributed by atoms with Crippen LogP contribution >= 0.6 is 11.8 Å². The summed E-state index contributed by atoms with van der Waals surface area (Å²) in [5.41, 5.74) is 1.56. The standard InChI is InChI=1S/C17H20N4O2S/c1-12-4-9-16(21-20-12)23-15-7-5-13(6-8-15)18-17(22)19-14-3-2-10-24-11-14/h4-9,14H,2-3,10-11H2,1H3,(H2,18,19,22)/t14-/m1/s1. The number of hydrogen-bond donors (Lipinski definition) is 2. The average molecular weight is 344 g/mol. The molecule has 1 aliphatic heterocycles. The van der Waals surface area contributed by atoms with Crippen LogP contribution in [0.3, 0.4) is 0 Å². The molecule has 0 unspecified atom stereocenters. The van der Waals surface area contributed by atoms with Gasteiger partial charge in [0, 0.05) is 23.5 Å². The summed E-state index contributed by atoms with van der Waals surface area (Å²) in [7, 11) is 0. The Balaban J connectivity index is 1.52. The molecule has 24 heavy (non-hydrogen) atoms. The minimum absolute atomic E-state index is 0.166. The normalized spacial score (nSPS) is 17.1. The fraction of sp³-hybridized carbons (Fsp3) is 0.353. The third-order valence-corrected chi connectivity index (χ3v) is 4.82. The highest BCUT2D eigenvalue weighted by atomic mass is 32.2. The monoisotopic (exact) mass is 344 g/mol. The second-order valence-corrected chi connectivity index (χ2v) is 6.80.